The number of hydrogen-bond acceptors (Lipinski definition) is 2. The van der Waals surface area contributed by atoms with Gasteiger partial charge in [0.2, 0.25) is 0 Å². The second-order valence-electron chi connectivity index (χ2n) is 5.27. The lowest BCUT2D eigenvalue weighted by molar-refractivity contribution is 0.181. The number of carbonyl (C=O) groups is 1. The molecule has 0 saturated carbocycles. The molecule has 2 aliphatic heterocycles. The van der Waals surface area contributed by atoms with Crippen LogP contribution in [0.4, 0.5) is 4.79 Å². The van der Waals surface area contributed by atoms with Gasteiger partial charge in [-0.1, -0.05) is 13.8 Å². The molecule has 2 aliphatic rings. The lowest BCUT2D eigenvalue weighted by Crippen LogP contribution is -2.46. The predicted octanol–water partition coefficient (Wildman–Crippen LogP) is 0.742. The summed E-state index contributed by atoms with van der Waals surface area (Å²) in [5.41, 5.74) is 0.0754. The number of carbonyl (C=O) groups excluding carboxylic acids is 1. The summed E-state index contributed by atoms with van der Waals surface area (Å²) in [7, 11) is 1.94. The van der Waals surface area contributed by atoms with Crippen molar-refractivity contribution >= 4 is 6.03 Å². The van der Waals surface area contributed by atoms with E-state index in [1.807, 2.05) is 16.8 Å². The molecule has 1 N–H and O–H groups in total. The van der Waals surface area contributed by atoms with Crippen LogP contribution >= 0.6 is 0 Å². The second-order valence-corrected chi connectivity index (χ2v) is 5.27. The molecule has 0 aliphatic carbocycles. The molecule has 0 aromatic carbocycles. The summed E-state index contributed by atoms with van der Waals surface area (Å²) in [4.78, 5) is 16.0. The van der Waals surface area contributed by atoms with Crippen molar-refractivity contribution in [1.82, 2.24) is 15.1 Å². The first-order valence-corrected chi connectivity index (χ1v) is 5.79. The zero-order valence-corrected chi connectivity index (χ0v) is 9.92. The van der Waals surface area contributed by atoms with Gasteiger partial charge in [0.15, 0.2) is 0 Å². The normalized spacial score (nSPS) is 31.3. The van der Waals surface area contributed by atoms with E-state index in [0.717, 1.165) is 32.6 Å². The molecule has 86 valence electrons. The highest BCUT2D eigenvalue weighted by Crippen LogP contribution is 2.30. The first kappa shape index (κ1) is 10.7. The number of urea groups is 1. The average molecular weight is 211 g/mol. The van der Waals surface area contributed by atoms with E-state index in [1.54, 1.807) is 0 Å². The van der Waals surface area contributed by atoms with Crippen LogP contribution in [0.5, 0.6) is 0 Å². The van der Waals surface area contributed by atoms with Crippen LogP contribution in [0, 0.1) is 5.92 Å². The monoisotopic (exact) mass is 211 g/mol. The Labute approximate surface area is 91.6 Å². The van der Waals surface area contributed by atoms with E-state index >= 15 is 0 Å². The van der Waals surface area contributed by atoms with Crippen molar-refractivity contribution in [3.63, 3.8) is 0 Å². The smallest absolute Gasteiger partial charge is 0.320 e. The summed E-state index contributed by atoms with van der Waals surface area (Å²) in [5.74, 6) is 0.548. The quantitative estimate of drug-likeness (QED) is 0.731. The molecule has 15 heavy (non-hydrogen) atoms. The van der Waals surface area contributed by atoms with E-state index < -0.39 is 0 Å². The third kappa shape index (κ3) is 1.71. The number of nitrogens with zero attached hydrogens (tertiary/aromatic N) is 2. The number of amides is 2. The highest BCUT2D eigenvalue weighted by atomic mass is 16.2. The minimum absolute atomic E-state index is 0.0754. The number of rotatable bonds is 2. The maximum absolute atomic E-state index is 12.0. The lowest BCUT2D eigenvalue weighted by Gasteiger charge is -2.28. The van der Waals surface area contributed by atoms with E-state index in [-0.39, 0.29) is 11.6 Å². The Morgan fingerprint density at radius 3 is 2.80 bits per heavy atom. The molecule has 0 aromatic rings. The number of likely N-dealkylation sites (N-methyl/N-ethyl adjacent to an activating group) is 1. The maximum atomic E-state index is 12.0. The molecular formula is C11H21N3O. The molecule has 0 radical (unpaired) electrons. The summed E-state index contributed by atoms with van der Waals surface area (Å²) in [6.07, 6.45) is 1.09. The Kier molecular flexibility index (Phi) is 2.63. The third-order valence-electron chi connectivity index (χ3n) is 3.56. The zero-order valence-electron chi connectivity index (χ0n) is 9.92. The summed E-state index contributed by atoms with van der Waals surface area (Å²) in [6.45, 7) is 8.08. The van der Waals surface area contributed by atoms with Crippen molar-refractivity contribution < 1.29 is 4.79 Å². The van der Waals surface area contributed by atoms with Crippen LogP contribution in [0.3, 0.4) is 0 Å². The van der Waals surface area contributed by atoms with E-state index in [4.69, 9.17) is 0 Å². The Morgan fingerprint density at radius 1 is 1.53 bits per heavy atom. The van der Waals surface area contributed by atoms with Crippen LogP contribution in [0.1, 0.15) is 20.3 Å². The molecule has 0 aromatic heterocycles. The topological polar surface area (TPSA) is 35.6 Å². The number of hydrogen-bond donors (Lipinski definition) is 1. The van der Waals surface area contributed by atoms with Gasteiger partial charge < -0.3 is 15.1 Å². The Hall–Kier alpha value is -0.770. The second kappa shape index (κ2) is 3.67. The van der Waals surface area contributed by atoms with Crippen molar-refractivity contribution in [3.05, 3.63) is 0 Å². The van der Waals surface area contributed by atoms with Crippen LogP contribution in [0.25, 0.3) is 0 Å². The van der Waals surface area contributed by atoms with Crippen molar-refractivity contribution in [1.29, 1.82) is 0 Å². The van der Waals surface area contributed by atoms with E-state index in [1.165, 1.54) is 0 Å². The van der Waals surface area contributed by atoms with Gasteiger partial charge in [0.05, 0.1) is 5.54 Å². The van der Waals surface area contributed by atoms with Gasteiger partial charge in [-0.2, -0.15) is 0 Å². The Bertz CT molecular complexity index is 259. The van der Waals surface area contributed by atoms with Crippen molar-refractivity contribution in [2.24, 2.45) is 5.92 Å². The van der Waals surface area contributed by atoms with E-state index in [2.05, 4.69) is 19.2 Å². The fraction of sp³-hybridized carbons (Fsp3) is 0.909. The van der Waals surface area contributed by atoms with Gasteiger partial charge in [-0.15, -0.1) is 0 Å². The first-order valence-electron chi connectivity index (χ1n) is 5.79. The van der Waals surface area contributed by atoms with Gasteiger partial charge in [-0.3, -0.25) is 0 Å². The van der Waals surface area contributed by atoms with Crippen molar-refractivity contribution in [3.8, 4) is 0 Å². The van der Waals surface area contributed by atoms with Gasteiger partial charge >= 0.3 is 6.03 Å². The van der Waals surface area contributed by atoms with Crippen LogP contribution in [0.15, 0.2) is 0 Å². The maximum Gasteiger partial charge on any atom is 0.320 e. The molecule has 2 fully saturated rings. The minimum atomic E-state index is 0.0754. The predicted molar refractivity (Wildman–Crippen MR) is 59.8 cm³/mol. The van der Waals surface area contributed by atoms with Gasteiger partial charge in [-0.25, -0.2) is 4.79 Å². The van der Waals surface area contributed by atoms with Gasteiger partial charge in [0.1, 0.15) is 0 Å². The molecule has 4 nitrogen and oxygen atoms in total. The van der Waals surface area contributed by atoms with Crippen molar-refractivity contribution in [2.75, 3.05) is 33.2 Å². The largest absolute Gasteiger partial charge is 0.322 e. The minimum Gasteiger partial charge on any atom is -0.322 e. The van der Waals surface area contributed by atoms with Gasteiger partial charge in [0, 0.05) is 26.7 Å². The van der Waals surface area contributed by atoms with E-state index in [0.29, 0.717) is 5.92 Å². The number of nitrogens with one attached hydrogen (secondary N) is 1. The Morgan fingerprint density at radius 2 is 2.27 bits per heavy atom. The fourth-order valence-corrected chi connectivity index (χ4v) is 2.68. The molecule has 1 spiro atoms. The molecule has 2 rings (SSSR count). The molecule has 1 atom stereocenters. The van der Waals surface area contributed by atoms with Crippen LogP contribution in [0.2, 0.25) is 0 Å². The fourth-order valence-electron chi connectivity index (χ4n) is 2.68. The average Bonchev–Trinajstić information content (AvgIpc) is 2.70. The summed E-state index contributed by atoms with van der Waals surface area (Å²) in [6, 6.07) is 0.201. The SMILES string of the molecule is CC(C)CN1CC2(CCNC2)N(C)C1=O. The molecule has 0 bridgehead atoms. The highest BCUT2D eigenvalue weighted by molar-refractivity contribution is 5.78. The highest BCUT2D eigenvalue weighted by Gasteiger charge is 2.48. The van der Waals surface area contributed by atoms with Crippen LogP contribution in [-0.4, -0.2) is 54.6 Å². The van der Waals surface area contributed by atoms with E-state index in [9.17, 15) is 4.79 Å². The summed E-state index contributed by atoms with van der Waals surface area (Å²) >= 11 is 0. The van der Waals surface area contributed by atoms with Crippen LogP contribution < -0.4 is 5.32 Å². The molecule has 2 heterocycles. The van der Waals surface area contributed by atoms with Crippen molar-refractivity contribution in [2.45, 2.75) is 25.8 Å². The molecule has 2 amide bonds. The standard InChI is InChI=1S/C11H21N3O/c1-9(2)6-14-8-11(4-5-12-7-11)13(3)10(14)15/h9,12H,4-8H2,1-3H3. The summed E-state index contributed by atoms with van der Waals surface area (Å²) in [5, 5.41) is 3.36. The molecule has 1 unspecified atom stereocenters. The molecule has 4 heteroatoms. The Balaban J connectivity index is 2.10. The summed E-state index contributed by atoms with van der Waals surface area (Å²) < 4.78 is 0. The zero-order chi connectivity index (χ0) is 11.1. The van der Waals surface area contributed by atoms with Gasteiger partial charge in [-0.05, 0) is 18.9 Å². The third-order valence-corrected chi connectivity index (χ3v) is 3.56. The molecular weight excluding hydrogens is 190 g/mol. The van der Waals surface area contributed by atoms with Crippen LogP contribution in [-0.2, 0) is 0 Å². The lowest BCUT2D eigenvalue weighted by atomic mass is 9.98. The first-order chi connectivity index (χ1) is 7.05. The van der Waals surface area contributed by atoms with Gasteiger partial charge in [0.25, 0.3) is 0 Å². The molecule has 2 saturated heterocycles.